The van der Waals surface area contributed by atoms with Gasteiger partial charge in [0.2, 0.25) is 5.82 Å². The SMILES string of the molecule is C[C@@H](OC(=O)c1ccccc1F)C(=O)Nc1ccc(F)c([N+](=O)[O-])c1. The largest absolute Gasteiger partial charge is 0.449 e. The van der Waals surface area contributed by atoms with Crippen LogP contribution in [-0.2, 0) is 9.53 Å². The van der Waals surface area contributed by atoms with Crippen LogP contribution in [0.5, 0.6) is 0 Å². The average molecular weight is 350 g/mol. The molecule has 0 saturated heterocycles. The Bertz CT molecular complexity index is 841. The molecule has 0 spiro atoms. The number of esters is 1. The molecule has 0 aromatic heterocycles. The van der Waals surface area contributed by atoms with Crippen LogP contribution < -0.4 is 5.32 Å². The average Bonchev–Trinajstić information content (AvgIpc) is 2.56. The number of amides is 1. The first-order chi connectivity index (χ1) is 11.8. The van der Waals surface area contributed by atoms with Crippen LogP contribution in [-0.4, -0.2) is 22.9 Å². The summed E-state index contributed by atoms with van der Waals surface area (Å²) in [6.07, 6.45) is -1.31. The van der Waals surface area contributed by atoms with E-state index in [0.29, 0.717) is 0 Å². The molecule has 130 valence electrons. The summed E-state index contributed by atoms with van der Waals surface area (Å²) in [4.78, 5) is 33.6. The predicted octanol–water partition coefficient (Wildman–Crippen LogP) is 3.06. The number of nitrogens with one attached hydrogen (secondary N) is 1. The highest BCUT2D eigenvalue weighted by molar-refractivity contribution is 5.97. The minimum atomic E-state index is -1.31. The normalized spacial score (nSPS) is 11.5. The van der Waals surface area contributed by atoms with Gasteiger partial charge in [-0.15, -0.1) is 0 Å². The number of hydrogen-bond acceptors (Lipinski definition) is 5. The predicted molar refractivity (Wildman–Crippen MR) is 83.0 cm³/mol. The molecule has 1 N–H and O–H groups in total. The van der Waals surface area contributed by atoms with E-state index in [1.807, 2.05) is 0 Å². The van der Waals surface area contributed by atoms with Gasteiger partial charge in [0.15, 0.2) is 6.10 Å². The zero-order valence-electron chi connectivity index (χ0n) is 12.9. The second-order valence-electron chi connectivity index (χ2n) is 4.94. The van der Waals surface area contributed by atoms with Crippen LogP contribution in [0.4, 0.5) is 20.2 Å². The first kappa shape index (κ1) is 18.0. The molecule has 1 atom stereocenters. The summed E-state index contributed by atoms with van der Waals surface area (Å²) in [7, 11) is 0. The van der Waals surface area contributed by atoms with E-state index in [1.54, 1.807) is 0 Å². The molecule has 0 aliphatic rings. The minimum Gasteiger partial charge on any atom is -0.449 e. The van der Waals surface area contributed by atoms with Crippen molar-refractivity contribution >= 4 is 23.3 Å². The van der Waals surface area contributed by atoms with Crippen LogP contribution in [0.25, 0.3) is 0 Å². The van der Waals surface area contributed by atoms with Crippen LogP contribution in [0, 0.1) is 21.7 Å². The van der Waals surface area contributed by atoms with E-state index in [9.17, 15) is 28.5 Å². The zero-order valence-corrected chi connectivity index (χ0v) is 12.9. The van der Waals surface area contributed by atoms with Crippen molar-refractivity contribution in [2.75, 3.05) is 5.32 Å². The number of hydrogen-bond donors (Lipinski definition) is 1. The number of nitro groups is 1. The second-order valence-corrected chi connectivity index (χ2v) is 4.94. The standard InChI is InChI=1S/C16H12F2N2O5/c1-9(25-16(22)11-4-2-3-5-12(11)17)15(21)19-10-6-7-13(18)14(8-10)20(23)24/h2-9H,1H3,(H,19,21)/t9-/m1/s1. The van der Waals surface area contributed by atoms with Gasteiger partial charge in [-0.3, -0.25) is 14.9 Å². The highest BCUT2D eigenvalue weighted by atomic mass is 19.1. The molecular formula is C16H12F2N2O5. The molecule has 0 saturated carbocycles. The van der Waals surface area contributed by atoms with E-state index in [-0.39, 0.29) is 11.3 Å². The van der Waals surface area contributed by atoms with E-state index in [1.165, 1.54) is 25.1 Å². The number of nitro benzene ring substituents is 1. The van der Waals surface area contributed by atoms with Crippen molar-refractivity contribution in [3.8, 4) is 0 Å². The first-order valence-corrected chi connectivity index (χ1v) is 7.00. The van der Waals surface area contributed by atoms with Crippen molar-refractivity contribution in [1.29, 1.82) is 0 Å². The lowest BCUT2D eigenvalue weighted by Crippen LogP contribution is -2.30. The number of carbonyl (C=O) groups excluding carboxylic acids is 2. The Morgan fingerprint density at radius 3 is 2.48 bits per heavy atom. The Kier molecular flexibility index (Phi) is 5.38. The third-order valence-corrected chi connectivity index (χ3v) is 3.16. The number of carbonyl (C=O) groups is 2. The molecule has 2 rings (SSSR count). The van der Waals surface area contributed by atoms with Gasteiger partial charge in [0.25, 0.3) is 5.91 Å². The van der Waals surface area contributed by atoms with E-state index in [0.717, 1.165) is 24.3 Å². The van der Waals surface area contributed by atoms with Gasteiger partial charge in [-0.2, -0.15) is 4.39 Å². The molecule has 0 heterocycles. The summed E-state index contributed by atoms with van der Waals surface area (Å²) >= 11 is 0. The Morgan fingerprint density at radius 1 is 1.16 bits per heavy atom. The fourth-order valence-electron chi connectivity index (χ4n) is 1.88. The summed E-state index contributed by atoms with van der Waals surface area (Å²) in [5, 5.41) is 12.9. The molecule has 0 unspecified atom stereocenters. The summed E-state index contributed by atoms with van der Waals surface area (Å²) < 4.78 is 31.6. The minimum absolute atomic E-state index is 0.0492. The molecule has 9 heteroatoms. The molecule has 0 radical (unpaired) electrons. The molecular weight excluding hydrogens is 338 g/mol. The van der Waals surface area contributed by atoms with Gasteiger partial charge in [0, 0.05) is 11.8 Å². The first-order valence-electron chi connectivity index (χ1n) is 7.00. The van der Waals surface area contributed by atoms with Gasteiger partial charge in [0.05, 0.1) is 10.5 Å². The number of rotatable bonds is 5. The van der Waals surface area contributed by atoms with Gasteiger partial charge < -0.3 is 10.1 Å². The van der Waals surface area contributed by atoms with Gasteiger partial charge in [0.1, 0.15) is 5.82 Å². The van der Waals surface area contributed by atoms with Gasteiger partial charge in [-0.25, -0.2) is 9.18 Å². The Morgan fingerprint density at radius 2 is 1.84 bits per heavy atom. The second kappa shape index (κ2) is 7.47. The summed E-state index contributed by atoms with van der Waals surface area (Å²) in [6, 6.07) is 7.87. The summed E-state index contributed by atoms with van der Waals surface area (Å²) in [5.74, 6) is -3.70. The maximum atomic E-state index is 13.5. The fourth-order valence-corrected chi connectivity index (χ4v) is 1.88. The van der Waals surface area contributed by atoms with Gasteiger partial charge in [-0.1, -0.05) is 12.1 Å². The third-order valence-electron chi connectivity index (χ3n) is 3.16. The van der Waals surface area contributed by atoms with Crippen LogP contribution in [0.1, 0.15) is 17.3 Å². The number of benzene rings is 2. The van der Waals surface area contributed by atoms with Crippen molar-refractivity contribution in [3.05, 3.63) is 69.8 Å². The van der Waals surface area contributed by atoms with Gasteiger partial charge in [-0.05, 0) is 31.2 Å². The fraction of sp³-hybridized carbons (Fsp3) is 0.125. The number of nitrogens with zero attached hydrogens (tertiary/aromatic N) is 1. The molecule has 0 bridgehead atoms. The van der Waals surface area contributed by atoms with Crippen LogP contribution in [0.2, 0.25) is 0 Å². The Labute approximate surface area is 140 Å². The van der Waals surface area contributed by atoms with E-state index >= 15 is 0 Å². The van der Waals surface area contributed by atoms with Crippen molar-refractivity contribution in [2.45, 2.75) is 13.0 Å². The van der Waals surface area contributed by atoms with Crippen LogP contribution in [0.15, 0.2) is 42.5 Å². The molecule has 1 amide bonds. The van der Waals surface area contributed by atoms with Crippen molar-refractivity contribution < 1.29 is 28.0 Å². The summed E-state index contributed by atoms with van der Waals surface area (Å²) in [6.45, 7) is 1.24. The lowest BCUT2D eigenvalue weighted by Gasteiger charge is -2.13. The van der Waals surface area contributed by atoms with Crippen molar-refractivity contribution in [3.63, 3.8) is 0 Å². The lowest BCUT2D eigenvalue weighted by molar-refractivity contribution is -0.387. The molecule has 2 aromatic carbocycles. The molecule has 2 aromatic rings. The summed E-state index contributed by atoms with van der Waals surface area (Å²) in [5.41, 5.74) is -1.19. The maximum absolute atomic E-state index is 13.5. The molecule has 0 aliphatic heterocycles. The van der Waals surface area contributed by atoms with Gasteiger partial charge >= 0.3 is 11.7 Å². The highest BCUT2D eigenvalue weighted by Gasteiger charge is 2.22. The zero-order chi connectivity index (χ0) is 18.6. The molecule has 0 fully saturated rings. The topological polar surface area (TPSA) is 98.5 Å². The Balaban J connectivity index is 2.06. The van der Waals surface area contributed by atoms with Crippen molar-refractivity contribution in [1.82, 2.24) is 0 Å². The molecule has 0 aliphatic carbocycles. The third kappa shape index (κ3) is 4.34. The number of ether oxygens (including phenoxy) is 1. The maximum Gasteiger partial charge on any atom is 0.341 e. The number of halogens is 2. The van der Waals surface area contributed by atoms with E-state index < -0.39 is 40.2 Å². The van der Waals surface area contributed by atoms with Crippen LogP contribution >= 0.6 is 0 Å². The monoisotopic (exact) mass is 350 g/mol. The molecule has 25 heavy (non-hydrogen) atoms. The molecule has 7 nitrogen and oxygen atoms in total. The van der Waals surface area contributed by atoms with Crippen molar-refractivity contribution in [2.24, 2.45) is 0 Å². The quantitative estimate of drug-likeness (QED) is 0.508. The van der Waals surface area contributed by atoms with E-state index in [4.69, 9.17) is 4.74 Å². The smallest absolute Gasteiger partial charge is 0.341 e. The number of anilines is 1. The van der Waals surface area contributed by atoms with E-state index in [2.05, 4.69) is 5.32 Å². The lowest BCUT2D eigenvalue weighted by atomic mass is 10.2. The van der Waals surface area contributed by atoms with Crippen LogP contribution in [0.3, 0.4) is 0 Å². The highest BCUT2D eigenvalue weighted by Crippen LogP contribution is 2.22. The Hall–Kier alpha value is -3.36.